The van der Waals surface area contributed by atoms with Crippen molar-refractivity contribution in [3.05, 3.63) is 35.2 Å². The van der Waals surface area contributed by atoms with E-state index < -0.39 is 0 Å². The Morgan fingerprint density at radius 1 is 1.39 bits per heavy atom. The maximum atomic E-state index is 12.1. The van der Waals surface area contributed by atoms with Gasteiger partial charge in [-0.25, -0.2) is 6.57 Å². The van der Waals surface area contributed by atoms with Gasteiger partial charge in [0.2, 0.25) is 5.91 Å². The number of rotatable bonds is 7. The van der Waals surface area contributed by atoms with E-state index in [0.717, 1.165) is 24.8 Å². The van der Waals surface area contributed by atoms with Crippen LogP contribution in [0.5, 0.6) is 11.5 Å². The molecule has 0 unspecified atom stereocenters. The number of carbonyl (C=O) groups excluding carboxylic acids is 1. The third kappa shape index (κ3) is 4.36. The standard InChI is InChI=1S/C17H23N3O3/c1-18-16-5-4-10-20(16)17(21)12-19-9-8-13-6-7-14(22-2)15(11-13)23-3/h6-7,11,16,19H,4-5,8-10,12H2,2-3H3/t16-/m0/s1. The molecule has 0 spiro atoms. The summed E-state index contributed by atoms with van der Waals surface area (Å²) in [7, 11) is 3.22. The molecule has 1 aromatic carbocycles. The molecule has 23 heavy (non-hydrogen) atoms. The van der Waals surface area contributed by atoms with Gasteiger partial charge >= 0.3 is 6.17 Å². The Labute approximate surface area is 137 Å². The van der Waals surface area contributed by atoms with E-state index in [1.165, 1.54) is 0 Å². The fraction of sp³-hybridized carbons (Fsp3) is 0.529. The van der Waals surface area contributed by atoms with Gasteiger partial charge in [0, 0.05) is 13.0 Å². The van der Waals surface area contributed by atoms with Crippen molar-refractivity contribution in [2.24, 2.45) is 0 Å². The van der Waals surface area contributed by atoms with E-state index in [9.17, 15) is 4.79 Å². The Morgan fingerprint density at radius 2 is 2.17 bits per heavy atom. The molecule has 2 rings (SSSR count). The number of benzene rings is 1. The van der Waals surface area contributed by atoms with Crippen LogP contribution >= 0.6 is 0 Å². The molecule has 1 N–H and O–H groups in total. The lowest BCUT2D eigenvalue weighted by Gasteiger charge is -2.16. The number of ether oxygens (including phenoxy) is 2. The third-order valence-electron chi connectivity index (χ3n) is 4.01. The van der Waals surface area contributed by atoms with Crippen LogP contribution in [0.2, 0.25) is 0 Å². The van der Waals surface area contributed by atoms with E-state index in [0.29, 0.717) is 24.6 Å². The van der Waals surface area contributed by atoms with E-state index >= 15 is 0 Å². The van der Waals surface area contributed by atoms with Crippen molar-refractivity contribution in [2.45, 2.75) is 25.4 Å². The van der Waals surface area contributed by atoms with Crippen LogP contribution in [0.1, 0.15) is 18.4 Å². The molecule has 0 aromatic heterocycles. The predicted octanol–water partition coefficient (Wildman–Crippen LogP) is 1.70. The first-order chi connectivity index (χ1) is 11.2. The zero-order valence-electron chi connectivity index (χ0n) is 13.7. The molecular formula is C17H23N3O3. The monoisotopic (exact) mass is 317 g/mol. The molecule has 1 atom stereocenters. The molecule has 1 fully saturated rings. The van der Waals surface area contributed by atoms with E-state index in [1.807, 2.05) is 18.2 Å². The molecule has 1 aliphatic heterocycles. The average molecular weight is 317 g/mol. The molecule has 0 radical (unpaired) electrons. The summed E-state index contributed by atoms with van der Waals surface area (Å²) in [4.78, 5) is 17.3. The first-order valence-corrected chi connectivity index (χ1v) is 7.77. The molecule has 0 bridgehead atoms. The molecule has 124 valence electrons. The van der Waals surface area contributed by atoms with Crippen molar-refractivity contribution in [3.63, 3.8) is 0 Å². The number of likely N-dealkylation sites (tertiary alicyclic amines) is 1. The Bertz CT molecular complexity index is 583. The predicted molar refractivity (Wildman–Crippen MR) is 87.5 cm³/mol. The number of nitrogens with zero attached hydrogens (tertiary/aromatic N) is 2. The summed E-state index contributed by atoms with van der Waals surface area (Å²) in [5.74, 6) is 1.42. The van der Waals surface area contributed by atoms with E-state index in [1.54, 1.807) is 19.1 Å². The van der Waals surface area contributed by atoms with Crippen molar-refractivity contribution in [1.82, 2.24) is 10.2 Å². The van der Waals surface area contributed by atoms with Gasteiger partial charge in [-0.15, -0.1) is 0 Å². The molecular weight excluding hydrogens is 294 g/mol. The number of nitrogens with one attached hydrogen (secondary N) is 1. The molecule has 1 amide bonds. The average Bonchev–Trinajstić information content (AvgIpc) is 3.07. The second kappa shape index (κ2) is 8.39. The van der Waals surface area contributed by atoms with Gasteiger partial charge in [-0.1, -0.05) is 6.07 Å². The van der Waals surface area contributed by atoms with Crippen LogP contribution in [0.4, 0.5) is 0 Å². The number of carbonyl (C=O) groups is 1. The molecule has 1 aliphatic rings. The Morgan fingerprint density at radius 3 is 2.87 bits per heavy atom. The minimum atomic E-state index is -0.268. The molecule has 6 heteroatoms. The van der Waals surface area contributed by atoms with E-state index in [4.69, 9.17) is 16.0 Å². The highest BCUT2D eigenvalue weighted by Gasteiger charge is 2.32. The Hall–Kier alpha value is -2.26. The van der Waals surface area contributed by atoms with Crippen LogP contribution in [-0.2, 0) is 11.2 Å². The van der Waals surface area contributed by atoms with Crippen LogP contribution in [0.25, 0.3) is 4.85 Å². The quantitative estimate of drug-likeness (QED) is 0.614. The van der Waals surface area contributed by atoms with Gasteiger partial charge in [0.25, 0.3) is 0 Å². The first kappa shape index (κ1) is 17.1. The number of methoxy groups -OCH3 is 2. The Balaban J connectivity index is 1.77. The topological polar surface area (TPSA) is 55.2 Å². The maximum Gasteiger partial charge on any atom is 0.300 e. The van der Waals surface area contributed by atoms with Gasteiger partial charge in [-0.05, 0) is 37.1 Å². The van der Waals surface area contributed by atoms with Gasteiger partial charge in [0.15, 0.2) is 11.5 Å². The third-order valence-corrected chi connectivity index (χ3v) is 4.01. The minimum absolute atomic E-state index is 0.0100. The van der Waals surface area contributed by atoms with E-state index in [2.05, 4.69) is 10.2 Å². The summed E-state index contributed by atoms with van der Waals surface area (Å²) in [6, 6.07) is 5.81. The van der Waals surface area contributed by atoms with Crippen LogP contribution in [-0.4, -0.2) is 50.8 Å². The van der Waals surface area contributed by atoms with Gasteiger partial charge in [-0.2, -0.15) is 0 Å². The van der Waals surface area contributed by atoms with E-state index in [-0.39, 0.29) is 18.6 Å². The lowest BCUT2D eigenvalue weighted by molar-refractivity contribution is -0.130. The van der Waals surface area contributed by atoms with Gasteiger partial charge < -0.3 is 14.8 Å². The minimum Gasteiger partial charge on any atom is -0.493 e. The highest BCUT2D eigenvalue weighted by molar-refractivity contribution is 5.79. The van der Waals surface area contributed by atoms with Crippen LogP contribution < -0.4 is 14.8 Å². The Kier molecular flexibility index (Phi) is 6.24. The summed E-state index contributed by atoms with van der Waals surface area (Å²) >= 11 is 0. The zero-order chi connectivity index (χ0) is 16.7. The molecule has 0 aliphatic carbocycles. The molecule has 1 heterocycles. The van der Waals surface area contributed by atoms with Crippen LogP contribution in [0, 0.1) is 6.57 Å². The normalized spacial score (nSPS) is 16.9. The summed E-state index contributed by atoms with van der Waals surface area (Å²) < 4.78 is 10.5. The lowest BCUT2D eigenvalue weighted by atomic mass is 10.1. The largest absolute Gasteiger partial charge is 0.493 e. The fourth-order valence-electron chi connectivity index (χ4n) is 2.74. The zero-order valence-corrected chi connectivity index (χ0v) is 13.7. The summed E-state index contributed by atoms with van der Waals surface area (Å²) in [6.07, 6.45) is 2.24. The maximum absolute atomic E-state index is 12.1. The van der Waals surface area contributed by atoms with Gasteiger partial charge in [-0.3, -0.25) is 14.5 Å². The number of amides is 1. The first-order valence-electron chi connectivity index (χ1n) is 7.77. The molecule has 1 aromatic rings. The van der Waals surface area contributed by atoms with Crippen molar-refractivity contribution in [2.75, 3.05) is 33.9 Å². The molecule has 1 saturated heterocycles. The molecule has 6 nitrogen and oxygen atoms in total. The van der Waals surface area contributed by atoms with Crippen molar-refractivity contribution in [1.29, 1.82) is 0 Å². The van der Waals surface area contributed by atoms with Crippen LogP contribution in [0.15, 0.2) is 18.2 Å². The van der Waals surface area contributed by atoms with Gasteiger partial charge in [0.1, 0.15) is 0 Å². The summed E-state index contributed by atoms with van der Waals surface area (Å²) in [5.41, 5.74) is 1.11. The van der Waals surface area contributed by atoms with Crippen molar-refractivity contribution >= 4 is 5.91 Å². The summed E-state index contributed by atoms with van der Waals surface area (Å²) in [5, 5.41) is 3.16. The van der Waals surface area contributed by atoms with Crippen molar-refractivity contribution in [3.8, 4) is 11.5 Å². The van der Waals surface area contributed by atoms with Crippen LogP contribution in [0.3, 0.4) is 0 Å². The number of hydrogen-bond donors (Lipinski definition) is 1. The smallest absolute Gasteiger partial charge is 0.300 e. The highest BCUT2D eigenvalue weighted by atomic mass is 16.5. The number of hydrogen-bond acceptors (Lipinski definition) is 4. The highest BCUT2D eigenvalue weighted by Crippen LogP contribution is 2.27. The van der Waals surface area contributed by atoms with Gasteiger partial charge in [0.05, 0.1) is 20.8 Å². The lowest BCUT2D eigenvalue weighted by Crippen LogP contribution is -2.40. The fourth-order valence-corrected chi connectivity index (χ4v) is 2.74. The molecule has 0 saturated carbocycles. The van der Waals surface area contributed by atoms with Crippen molar-refractivity contribution < 1.29 is 14.3 Å². The summed E-state index contributed by atoms with van der Waals surface area (Å²) in [6.45, 7) is 8.78. The second-order valence-corrected chi connectivity index (χ2v) is 5.46. The second-order valence-electron chi connectivity index (χ2n) is 5.46. The SMILES string of the molecule is [C-]#[N+][C@@H]1CCCN1C(=O)CNCCc1ccc(OC)c(OC)c1.